The van der Waals surface area contributed by atoms with E-state index in [1.165, 1.54) is 0 Å². The lowest BCUT2D eigenvalue weighted by Crippen LogP contribution is -2.53. The van der Waals surface area contributed by atoms with E-state index in [1.54, 1.807) is 14.0 Å². The highest BCUT2D eigenvalue weighted by Crippen LogP contribution is 2.26. The Labute approximate surface area is 126 Å². The third-order valence-electron chi connectivity index (χ3n) is 3.24. The van der Waals surface area contributed by atoms with E-state index in [1.807, 2.05) is 38.1 Å². The van der Waals surface area contributed by atoms with Gasteiger partial charge < -0.3 is 20.5 Å². The highest BCUT2D eigenvalue weighted by molar-refractivity contribution is 5.85. The molecule has 3 N–H and O–H groups in total. The minimum absolute atomic E-state index is 0.153. The molecule has 1 aromatic carbocycles. The molecule has 1 rings (SSSR count). The van der Waals surface area contributed by atoms with Crippen molar-refractivity contribution in [3.63, 3.8) is 0 Å². The molecule has 1 amide bonds. The monoisotopic (exact) mass is 294 g/mol. The first-order valence-electron chi connectivity index (χ1n) is 7.27. The molecule has 118 valence electrons. The fourth-order valence-corrected chi connectivity index (χ4v) is 2.05. The number of nitrogens with one attached hydrogen (secondary N) is 1. The minimum Gasteiger partial charge on any atom is -0.493 e. The second kappa shape index (κ2) is 7.88. The molecule has 1 aromatic rings. The van der Waals surface area contributed by atoms with Gasteiger partial charge in [0.25, 0.3) is 0 Å². The van der Waals surface area contributed by atoms with Gasteiger partial charge in [0.1, 0.15) is 6.10 Å². The van der Waals surface area contributed by atoms with Gasteiger partial charge in [0.05, 0.1) is 19.2 Å². The van der Waals surface area contributed by atoms with E-state index in [9.17, 15) is 4.79 Å². The third-order valence-corrected chi connectivity index (χ3v) is 3.24. The van der Waals surface area contributed by atoms with Crippen LogP contribution in [0.25, 0.3) is 0 Å². The fourth-order valence-electron chi connectivity index (χ4n) is 2.05. The van der Waals surface area contributed by atoms with Gasteiger partial charge in [0.15, 0.2) is 11.5 Å². The van der Waals surface area contributed by atoms with E-state index in [0.29, 0.717) is 24.5 Å². The molecule has 0 fully saturated rings. The molecule has 5 nitrogen and oxygen atoms in total. The van der Waals surface area contributed by atoms with Gasteiger partial charge >= 0.3 is 0 Å². The zero-order valence-corrected chi connectivity index (χ0v) is 13.3. The molecule has 21 heavy (non-hydrogen) atoms. The van der Waals surface area contributed by atoms with Crippen molar-refractivity contribution < 1.29 is 14.3 Å². The van der Waals surface area contributed by atoms with Crippen LogP contribution in [0, 0.1) is 0 Å². The predicted molar refractivity (Wildman–Crippen MR) is 83.6 cm³/mol. The predicted octanol–water partition coefficient (Wildman–Crippen LogP) is 2.10. The molecule has 0 aromatic heterocycles. The topological polar surface area (TPSA) is 73.6 Å². The molecule has 0 aliphatic rings. The van der Waals surface area contributed by atoms with E-state index < -0.39 is 5.54 Å². The Morgan fingerprint density at radius 1 is 1.38 bits per heavy atom. The SMILES string of the molecule is CCCC(C)(N)C(=O)NCC(C)Oc1ccccc1OC. The normalized spacial score (nSPS) is 14.9. The van der Waals surface area contributed by atoms with Crippen LogP contribution < -0.4 is 20.5 Å². The Hall–Kier alpha value is -1.75. The van der Waals surface area contributed by atoms with Crippen molar-refractivity contribution in [2.75, 3.05) is 13.7 Å². The molecular formula is C16H26N2O3. The van der Waals surface area contributed by atoms with Gasteiger partial charge in [-0.05, 0) is 32.4 Å². The van der Waals surface area contributed by atoms with Crippen molar-refractivity contribution in [3.05, 3.63) is 24.3 Å². The van der Waals surface area contributed by atoms with Gasteiger partial charge in [-0.25, -0.2) is 0 Å². The molecule has 0 heterocycles. The molecule has 0 radical (unpaired) electrons. The third kappa shape index (κ3) is 5.27. The summed E-state index contributed by atoms with van der Waals surface area (Å²) >= 11 is 0. The maximum absolute atomic E-state index is 12.0. The van der Waals surface area contributed by atoms with Gasteiger partial charge in [-0.15, -0.1) is 0 Å². The number of carbonyl (C=O) groups is 1. The molecule has 2 unspecified atom stereocenters. The lowest BCUT2D eigenvalue weighted by Gasteiger charge is -2.24. The Bertz CT molecular complexity index is 461. The Balaban J connectivity index is 2.51. The summed E-state index contributed by atoms with van der Waals surface area (Å²) in [5.74, 6) is 1.18. The van der Waals surface area contributed by atoms with Gasteiger partial charge in [-0.2, -0.15) is 0 Å². The summed E-state index contributed by atoms with van der Waals surface area (Å²) in [7, 11) is 1.60. The quantitative estimate of drug-likeness (QED) is 0.770. The summed E-state index contributed by atoms with van der Waals surface area (Å²) in [5, 5.41) is 2.84. The number of para-hydroxylation sites is 2. The van der Waals surface area contributed by atoms with E-state index in [4.69, 9.17) is 15.2 Å². The number of benzene rings is 1. The molecule has 0 spiro atoms. The lowest BCUT2D eigenvalue weighted by molar-refractivity contribution is -0.126. The molecule has 0 aliphatic heterocycles. The summed E-state index contributed by atoms with van der Waals surface area (Å²) in [6, 6.07) is 7.42. The molecule has 0 saturated heterocycles. The van der Waals surface area contributed by atoms with E-state index in [0.717, 1.165) is 6.42 Å². The van der Waals surface area contributed by atoms with Crippen LogP contribution in [-0.2, 0) is 4.79 Å². The molecule has 0 saturated carbocycles. The second-order valence-corrected chi connectivity index (χ2v) is 5.46. The average Bonchev–Trinajstić information content (AvgIpc) is 2.45. The standard InChI is InChI=1S/C16H26N2O3/c1-5-10-16(3,17)15(19)18-11-12(2)21-14-9-7-6-8-13(14)20-4/h6-9,12H,5,10-11,17H2,1-4H3,(H,18,19). The number of hydrogen-bond donors (Lipinski definition) is 2. The highest BCUT2D eigenvalue weighted by Gasteiger charge is 2.27. The molecule has 0 bridgehead atoms. The fraction of sp³-hybridized carbons (Fsp3) is 0.562. The average molecular weight is 294 g/mol. The number of methoxy groups -OCH3 is 1. The van der Waals surface area contributed by atoms with E-state index >= 15 is 0 Å². The first kappa shape index (κ1) is 17.3. The molecule has 5 heteroatoms. The number of nitrogens with two attached hydrogens (primary N) is 1. The highest BCUT2D eigenvalue weighted by atomic mass is 16.5. The Kier molecular flexibility index (Phi) is 6.49. The van der Waals surface area contributed by atoms with Crippen LogP contribution in [-0.4, -0.2) is 31.2 Å². The molecular weight excluding hydrogens is 268 g/mol. The number of hydrogen-bond acceptors (Lipinski definition) is 4. The van der Waals surface area contributed by atoms with Crippen LogP contribution in [0.4, 0.5) is 0 Å². The zero-order chi connectivity index (χ0) is 15.9. The summed E-state index contributed by atoms with van der Waals surface area (Å²) in [6.07, 6.45) is 1.34. The van der Waals surface area contributed by atoms with Crippen LogP contribution in [0.2, 0.25) is 0 Å². The van der Waals surface area contributed by atoms with Crippen LogP contribution in [0.15, 0.2) is 24.3 Å². The number of ether oxygens (including phenoxy) is 2. The maximum Gasteiger partial charge on any atom is 0.239 e. The largest absolute Gasteiger partial charge is 0.493 e. The maximum atomic E-state index is 12.0. The smallest absolute Gasteiger partial charge is 0.239 e. The first-order valence-corrected chi connectivity index (χ1v) is 7.27. The van der Waals surface area contributed by atoms with E-state index in [-0.39, 0.29) is 12.0 Å². The van der Waals surface area contributed by atoms with Gasteiger partial charge in [0, 0.05) is 0 Å². The summed E-state index contributed by atoms with van der Waals surface area (Å²) in [6.45, 7) is 6.04. The van der Waals surface area contributed by atoms with E-state index in [2.05, 4.69) is 5.32 Å². The summed E-state index contributed by atoms with van der Waals surface area (Å²) < 4.78 is 11.0. The number of amides is 1. The van der Waals surface area contributed by atoms with Crippen LogP contribution in [0.5, 0.6) is 11.5 Å². The first-order chi connectivity index (χ1) is 9.90. The van der Waals surface area contributed by atoms with Gasteiger partial charge in [-0.1, -0.05) is 25.5 Å². The summed E-state index contributed by atoms with van der Waals surface area (Å²) in [4.78, 5) is 12.0. The van der Waals surface area contributed by atoms with Crippen LogP contribution in [0.3, 0.4) is 0 Å². The summed E-state index contributed by atoms with van der Waals surface area (Å²) in [5.41, 5.74) is 5.15. The van der Waals surface area contributed by atoms with Crippen molar-refractivity contribution in [1.29, 1.82) is 0 Å². The van der Waals surface area contributed by atoms with Crippen molar-refractivity contribution in [2.24, 2.45) is 5.73 Å². The van der Waals surface area contributed by atoms with Crippen LogP contribution >= 0.6 is 0 Å². The molecule has 2 atom stereocenters. The van der Waals surface area contributed by atoms with Crippen molar-refractivity contribution >= 4 is 5.91 Å². The van der Waals surface area contributed by atoms with Crippen molar-refractivity contribution in [1.82, 2.24) is 5.32 Å². The lowest BCUT2D eigenvalue weighted by atomic mass is 9.96. The Morgan fingerprint density at radius 2 is 2.00 bits per heavy atom. The van der Waals surface area contributed by atoms with Crippen LogP contribution in [0.1, 0.15) is 33.6 Å². The Morgan fingerprint density at radius 3 is 2.57 bits per heavy atom. The second-order valence-electron chi connectivity index (χ2n) is 5.46. The van der Waals surface area contributed by atoms with Gasteiger partial charge in [-0.3, -0.25) is 4.79 Å². The van der Waals surface area contributed by atoms with Gasteiger partial charge in [0.2, 0.25) is 5.91 Å². The molecule has 0 aliphatic carbocycles. The number of carbonyl (C=O) groups excluding carboxylic acids is 1. The number of rotatable bonds is 8. The van der Waals surface area contributed by atoms with Crippen molar-refractivity contribution in [3.8, 4) is 11.5 Å². The minimum atomic E-state index is -0.834. The zero-order valence-electron chi connectivity index (χ0n) is 13.3. The van der Waals surface area contributed by atoms with Crippen molar-refractivity contribution in [2.45, 2.75) is 45.3 Å².